The van der Waals surface area contributed by atoms with Crippen molar-refractivity contribution in [3.05, 3.63) is 75.4 Å². The lowest BCUT2D eigenvalue weighted by molar-refractivity contribution is -0.122. The van der Waals surface area contributed by atoms with Gasteiger partial charge in [0.25, 0.3) is 11.8 Å². The number of imide groups is 2. The maximum Gasteiger partial charge on any atom is 0.335 e. The number of ether oxygens (including phenoxy) is 1. The van der Waals surface area contributed by atoms with Crippen molar-refractivity contribution in [3.8, 4) is 5.75 Å². The zero-order chi connectivity index (χ0) is 25.7. The lowest BCUT2D eigenvalue weighted by atomic mass is 9.48. The Hall–Kier alpha value is -2.94. The van der Waals surface area contributed by atoms with Crippen molar-refractivity contribution in [1.82, 2.24) is 5.32 Å². The Labute approximate surface area is 230 Å². The van der Waals surface area contributed by atoms with Crippen LogP contribution < -0.4 is 15.0 Å². The van der Waals surface area contributed by atoms with E-state index >= 15 is 0 Å². The molecule has 0 unspecified atom stereocenters. The molecule has 0 radical (unpaired) electrons. The molecule has 5 aliphatic rings. The minimum Gasteiger partial charge on any atom is -0.488 e. The van der Waals surface area contributed by atoms with E-state index in [-0.39, 0.29) is 11.0 Å². The Kier molecular flexibility index (Phi) is 6.21. The van der Waals surface area contributed by atoms with Crippen LogP contribution in [0.1, 0.15) is 49.7 Å². The highest BCUT2D eigenvalue weighted by Gasteiger charge is 2.51. The summed E-state index contributed by atoms with van der Waals surface area (Å²) in [5, 5.41) is 2.33. The zero-order valence-electron chi connectivity index (χ0n) is 20.5. The Morgan fingerprint density at radius 3 is 2.24 bits per heavy atom. The number of amides is 4. The van der Waals surface area contributed by atoms with E-state index in [1.807, 2.05) is 18.2 Å². The van der Waals surface area contributed by atoms with Gasteiger partial charge in [0.05, 0.1) is 9.26 Å². The number of barbiturate groups is 1. The molecule has 6 nitrogen and oxygen atoms in total. The van der Waals surface area contributed by atoms with E-state index in [2.05, 4.69) is 46.6 Å². The Bertz CT molecular complexity index is 1290. The Balaban J connectivity index is 1.26. The molecule has 4 bridgehead atoms. The first-order chi connectivity index (χ1) is 17.8. The molecule has 5 fully saturated rings. The van der Waals surface area contributed by atoms with E-state index in [0.717, 1.165) is 26.2 Å². The SMILES string of the molecule is C=CCOc1ccc(/C=C2\C(=O)NC(=O)N(c3ccc(C45CC6CC(CC(C6)C4)C5)cc3)C2=O)cc1I. The molecule has 0 spiro atoms. The molecule has 1 saturated heterocycles. The third-order valence-corrected chi connectivity index (χ3v) is 9.34. The predicted molar refractivity (Wildman–Crippen MR) is 150 cm³/mol. The summed E-state index contributed by atoms with van der Waals surface area (Å²) in [5.41, 5.74) is 2.61. The summed E-state index contributed by atoms with van der Waals surface area (Å²) in [5.74, 6) is 1.88. The Morgan fingerprint density at radius 1 is 1.00 bits per heavy atom. The van der Waals surface area contributed by atoms with Crippen molar-refractivity contribution in [3.63, 3.8) is 0 Å². The fraction of sp³-hybridized carbons (Fsp3) is 0.367. The van der Waals surface area contributed by atoms with Crippen LogP contribution >= 0.6 is 22.6 Å². The second-order valence-electron chi connectivity index (χ2n) is 11.0. The molecule has 190 valence electrons. The molecule has 7 heteroatoms. The Morgan fingerprint density at radius 2 is 1.65 bits per heavy atom. The summed E-state index contributed by atoms with van der Waals surface area (Å²) >= 11 is 2.14. The molecular weight excluding hydrogens is 579 g/mol. The lowest BCUT2D eigenvalue weighted by Crippen LogP contribution is -2.54. The number of urea groups is 1. The average molecular weight is 608 g/mol. The monoisotopic (exact) mass is 608 g/mol. The van der Waals surface area contributed by atoms with Gasteiger partial charge in [-0.3, -0.25) is 14.9 Å². The van der Waals surface area contributed by atoms with Crippen LogP contribution in [0.4, 0.5) is 10.5 Å². The molecule has 0 aromatic heterocycles. The third kappa shape index (κ3) is 4.41. The van der Waals surface area contributed by atoms with E-state index in [4.69, 9.17) is 4.74 Å². The maximum atomic E-state index is 13.4. The lowest BCUT2D eigenvalue weighted by Gasteiger charge is -2.57. The molecule has 7 rings (SSSR count). The molecule has 2 aromatic rings. The van der Waals surface area contributed by atoms with Crippen molar-refractivity contribution in [2.75, 3.05) is 11.5 Å². The maximum absolute atomic E-state index is 13.4. The number of rotatable bonds is 6. The fourth-order valence-electron chi connectivity index (χ4n) is 7.36. The first-order valence-corrected chi connectivity index (χ1v) is 14.0. The van der Waals surface area contributed by atoms with Gasteiger partial charge in [-0.15, -0.1) is 0 Å². The van der Waals surface area contributed by atoms with Crippen LogP contribution in [0.25, 0.3) is 6.08 Å². The summed E-state index contributed by atoms with van der Waals surface area (Å²) in [6.45, 7) is 4.04. The van der Waals surface area contributed by atoms with Gasteiger partial charge in [-0.2, -0.15) is 0 Å². The molecule has 2 aromatic carbocycles. The molecule has 37 heavy (non-hydrogen) atoms. The first-order valence-electron chi connectivity index (χ1n) is 12.9. The van der Waals surface area contributed by atoms with Gasteiger partial charge >= 0.3 is 6.03 Å². The van der Waals surface area contributed by atoms with Crippen molar-refractivity contribution in [2.45, 2.75) is 43.9 Å². The van der Waals surface area contributed by atoms with Gasteiger partial charge in [-0.1, -0.05) is 30.9 Å². The van der Waals surface area contributed by atoms with E-state index in [1.54, 1.807) is 18.2 Å². The molecule has 0 atom stereocenters. The largest absolute Gasteiger partial charge is 0.488 e. The van der Waals surface area contributed by atoms with Gasteiger partial charge < -0.3 is 4.74 Å². The van der Waals surface area contributed by atoms with E-state index < -0.39 is 17.8 Å². The molecule has 4 saturated carbocycles. The van der Waals surface area contributed by atoms with Crippen LogP contribution in [0.3, 0.4) is 0 Å². The van der Waals surface area contributed by atoms with Crippen molar-refractivity contribution in [2.24, 2.45) is 17.8 Å². The van der Waals surface area contributed by atoms with Gasteiger partial charge in [0.2, 0.25) is 0 Å². The van der Waals surface area contributed by atoms with Crippen LogP contribution in [0.2, 0.25) is 0 Å². The summed E-state index contributed by atoms with van der Waals surface area (Å²) in [6, 6.07) is 12.6. The number of benzene rings is 2. The minimum atomic E-state index is -0.725. The molecular formula is C30H29IN2O4. The van der Waals surface area contributed by atoms with Gasteiger partial charge in [-0.25, -0.2) is 9.69 Å². The molecule has 4 amide bonds. The third-order valence-electron chi connectivity index (χ3n) is 8.50. The summed E-state index contributed by atoms with van der Waals surface area (Å²) < 4.78 is 6.44. The number of nitrogens with zero attached hydrogens (tertiary/aromatic N) is 1. The van der Waals surface area contributed by atoms with Crippen LogP contribution in [0.15, 0.2) is 60.7 Å². The first kappa shape index (κ1) is 24.4. The highest BCUT2D eigenvalue weighted by Crippen LogP contribution is 2.60. The number of hydrogen-bond donors (Lipinski definition) is 1. The number of carbonyl (C=O) groups is 3. The van der Waals surface area contributed by atoms with Crippen LogP contribution in [-0.2, 0) is 15.0 Å². The normalized spacial score (nSPS) is 29.5. The number of carbonyl (C=O) groups excluding carboxylic acids is 3. The van der Waals surface area contributed by atoms with Crippen molar-refractivity contribution in [1.29, 1.82) is 0 Å². The standard InChI is InChI=1S/C30H29IN2O4/c1-2-9-37-26-8-3-18(14-25(26)31)13-24-27(34)32-29(36)33(28(24)35)23-6-4-22(5-7-23)30-15-19-10-20(16-30)12-21(11-19)17-30/h2-8,13-14,19-21H,1,9-12,15-17H2,(H,32,34,36)/b24-13+. The minimum absolute atomic E-state index is 0.0830. The number of nitrogens with one attached hydrogen (secondary N) is 1. The van der Waals surface area contributed by atoms with Crippen LogP contribution in [0, 0.1) is 21.3 Å². The number of anilines is 1. The second kappa shape index (κ2) is 9.42. The quantitative estimate of drug-likeness (QED) is 0.189. The summed E-state index contributed by atoms with van der Waals surface area (Å²) in [7, 11) is 0. The zero-order valence-corrected chi connectivity index (χ0v) is 22.7. The second-order valence-corrected chi connectivity index (χ2v) is 12.2. The predicted octanol–water partition coefficient (Wildman–Crippen LogP) is 5.99. The van der Waals surface area contributed by atoms with Crippen LogP contribution in [0.5, 0.6) is 5.75 Å². The number of hydrogen-bond acceptors (Lipinski definition) is 4. The smallest absolute Gasteiger partial charge is 0.335 e. The molecule has 4 aliphatic carbocycles. The van der Waals surface area contributed by atoms with E-state index in [0.29, 0.717) is 23.6 Å². The average Bonchev–Trinajstić information content (AvgIpc) is 2.85. The molecule has 1 N–H and O–H groups in total. The van der Waals surface area contributed by atoms with Crippen LogP contribution in [-0.4, -0.2) is 24.5 Å². The van der Waals surface area contributed by atoms with Gasteiger partial charge in [0.1, 0.15) is 17.9 Å². The topological polar surface area (TPSA) is 75.7 Å². The van der Waals surface area contributed by atoms with E-state index in [9.17, 15) is 14.4 Å². The fourth-order valence-corrected chi connectivity index (χ4v) is 8.05. The molecule has 1 aliphatic heterocycles. The highest BCUT2D eigenvalue weighted by atomic mass is 127. The van der Waals surface area contributed by atoms with Gasteiger partial charge in [0.15, 0.2) is 0 Å². The summed E-state index contributed by atoms with van der Waals surface area (Å²) in [4.78, 5) is 39.8. The van der Waals surface area contributed by atoms with Crippen molar-refractivity contribution >= 4 is 52.2 Å². The number of halogens is 1. The van der Waals surface area contributed by atoms with Crippen molar-refractivity contribution < 1.29 is 19.1 Å². The van der Waals surface area contributed by atoms with Gasteiger partial charge in [-0.05, 0) is 126 Å². The summed E-state index contributed by atoms with van der Waals surface area (Å²) in [6.07, 6.45) is 11.1. The highest BCUT2D eigenvalue weighted by molar-refractivity contribution is 14.1. The van der Waals surface area contributed by atoms with E-state index in [1.165, 1.54) is 50.2 Å². The van der Waals surface area contributed by atoms with Gasteiger partial charge in [0, 0.05) is 0 Å². The molecule has 1 heterocycles.